The minimum atomic E-state index is -1.55. The molecule has 150 valence electrons. The van der Waals surface area contributed by atoms with E-state index in [0.29, 0.717) is 0 Å². The molecule has 0 spiro atoms. The first kappa shape index (κ1) is 25.6. The van der Waals surface area contributed by atoms with E-state index in [-0.39, 0.29) is 0 Å². The molecule has 0 aromatic heterocycles. The van der Waals surface area contributed by atoms with E-state index in [4.69, 9.17) is 0 Å². The molecule has 0 aromatic carbocycles. The lowest BCUT2D eigenvalue weighted by Crippen LogP contribution is -2.78. The Hall–Kier alpha value is 0.636. The Balaban J connectivity index is 5.81. The van der Waals surface area contributed by atoms with Crippen molar-refractivity contribution in [3.05, 3.63) is 0 Å². The molecule has 0 unspecified atom stereocenters. The highest BCUT2D eigenvalue weighted by Gasteiger charge is 2.61. The third kappa shape index (κ3) is 6.34. The van der Waals surface area contributed by atoms with Crippen molar-refractivity contribution in [3.8, 4) is 0 Å². The predicted molar refractivity (Wildman–Crippen MR) is 128 cm³/mol. The van der Waals surface area contributed by atoms with Gasteiger partial charge in [-0.15, -0.1) is 0 Å². The molecule has 0 atom stereocenters. The van der Waals surface area contributed by atoms with Crippen molar-refractivity contribution in [2.45, 2.75) is 84.9 Å². The number of rotatable bonds is 11. The fourth-order valence-corrected chi connectivity index (χ4v) is 23.4. The summed E-state index contributed by atoms with van der Waals surface area (Å²) >= 11 is 0. The summed E-state index contributed by atoms with van der Waals surface area (Å²) in [5, 5.41) is 0. The van der Waals surface area contributed by atoms with Crippen LogP contribution in [0.15, 0.2) is 0 Å². The molecule has 0 aliphatic carbocycles. The van der Waals surface area contributed by atoms with Crippen LogP contribution in [-0.2, 0) is 0 Å². The topological polar surface area (TPSA) is 0 Å². The average molecular weight is 403 g/mol. The molecular formula is C19H51BN2Si3+2. The summed E-state index contributed by atoms with van der Waals surface area (Å²) in [5.41, 5.74) is 0. The van der Waals surface area contributed by atoms with E-state index < -0.39 is 24.3 Å². The third-order valence-electron chi connectivity index (χ3n) is 7.17. The second-order valence-corrected chi connectivity index (χ2v) is 28.6. The molecule has 0 bridgehead atoms. The fraction of sp³-hybridized carbons (Fsp3) is 1.00. The Morgan fingerprint density at radius 3 is 1.20 bits per heavy atom. The number of nitrogens with zero attached hydrogens (tertiary/aromatic N) is 2. The zero-order chi connectivity index (χ0) is 20.3. The van der Waals surface area contributed by atoms with Gasteiger partial charge >= 0.3 is 8.40 Å². The molecule has 0 amide bonds. The van der Waals surface area contributed by atoms with E-state index in [9.17, 15) is 0 Å². The molecule has 0 saturated carbocycles. The fourth-order valence-electron chi connectivity index (χ4n) is 5.52. The predicted octanol–water partition coefficient (Wildman–Crippen LogP) is 5.36. The molecule has 0 fully saturated rings. The van der Waals surface area contributed by atoms with Gasteiger partial charge in [-0.3, -0.25) is 0 Å². The maximum Gasteiger partial charge on any atom is 0.517 e. The highest BCUT2D eigenvalue weighted by Crippen LogP contribution is 2.34. The smallest absolute Gasteiger partial charge is 0.341 e. The summed E-state index contributed by atoms with van der Waals surface area (Å²) in [6.45, 7) is 25.8. The second-order valence-electron chi connectivity index (χ2n) is 11.9. The summed E-state index contributed by atoms with van der Waals surface area (Å²) < 4.78 is 2.56. The Morgan fingerprint density at radius 1 is 0.640 bits per heavy atom. The van der Waals surface area contributed by atoms with Crippen molar-refractivity contribution in [1.82, 2.24) is 0 Å². The van der Waals surface area contributed by atoms with Crippen LogP contribution >= 0.6 is 0 Å². The van der Waals surface area contributed by atoms with Gasteiger partial charge in [0.2, 0.25) is 0 Å². The van der Waals surface area contributed by atoms with Crippen LogP contribution in [0.1, 0.15) is 26.7 Å². The van der Waals surface area contributed by atoms with Crippen LogP contribution in [0.25, 0.3) is 0 Å². The molecule has 0 saturated heterocycles. The lowest BCUT2D eigenvalue weighted by atomic mass is 10.0. The van der Waals surface area contributed by atoms with Crippen LogP contribution in [0.4, 0.5) is 0 Å². The average Bonchev–Trinajstić information content (AvgIpc) is 2.34. The van der Waals surface area contributed by atoms with Crippen LogP contribution in [0, 0.1) is 0 Å². The van der Waals surface area contributed by atoms with Crippen LogP contribution in [0.3, 0.4) is 0 Å². The van der Waals surface area contributed by atoms with Gasteiger partial charge in [0.25, 0.3) is 0 Å². The quantitative estimate of drug-likeness (QED) is 0.408. The van der Waals surface area contributed by atoms with Crippen molar-refractivity contribution in [3.63, 3.8) is 0 Å². The van der Waals surface area contributed by atoms with Crippen molar-refractivity contribution in [2.24, 2.45) is 0 Å². The van der Waals surface area contributed by atoms with Gasteiger partial charge in [-0.1, -0.05) is 59.4 Å². The van der Waals surface area contributed by atoms with Crippen LogP contribution < -0.4 is 0 Å². The molecule has 0 aliphatic rings. The Kier molecular flexibility index (Phi) is 8.98. The molecule has 2 nitrogen and oxygen atoms in total. The zero-order valence-electron chi connectivity index (χ0n) is 20.2. The molecule has 6 heteroatoms. The lowest BCUT2D eigenvalue weighted by molar-refractivity contribution is -0.912. The first-order chi connectivity index (χ1) is 11.0. The minimum absolute atomic E-state index is 1.04. The molecule has 0 aliphatic heterocycles. The zero-order valence-corrected chi connectivity index (χ0v) is 23.2. The maximum absolute atomic E-state index is 2.73. The Bertz CT molecular complexity index is 380. The monoisotopic (exact) mass is 402 g/mol. The van der Waals surface area contributed by atoms with E-state index >= 15 is 0 Å². The van der Waals surface area contributed by atoms with E-state index in [0.717, 1.165) is 5.90 Å². The molecule has 0 N–H and O–H groups in total. The summed E-state index contributed by atoms with van der Waals surface area (Å²) in [7, 11) is 6.42. The largest absolute Gasteiger partial charge is 0.517 e. The summed E-state index contributed by atoms with van der Waals surface area (Å²) in [6.07, 6.45) is 4.09. The summed E-state index contributed by atoms with van der Waals surface area (Å²) in [5.74, 6) is 1.04. The van der Waals surface area contributed by atoms with Crippen LogP contribution in [-0.4, -0.2) is 79.8 Å². The number of hydrogen-bond donors (Lipinski definition) is 0. The molecule has 0 rings (SSSR count). The van der Waals surface area contributed by atoms with Gasteiger partial charge < -0.3 is 8.30 Å². The van der Waals surface area contributed by atoms with Crippen molar-refractivity contribution >= 4 is 30.2 Å². The summed E-state index contributed by atoms with van der Waals surface area (Å²) in [6, 6.07) is 1.49. The molecular weight excluding hydrogens is 351 g/mol. The van der Waals surface area contributed by atoms with Crippen LogP contribution in [0.2, 0.25) is 58.2 Å². The summed E-state index contributed by atoms with van der Waals surface area (Å²) in [4.78, 5) is 0. The molecule has 0 radical (unpaired) electrons. The molecule has 25 heavy (non-hydrogen) atoms. The maximum atomic E-state index is 2.73. The van der Waals surface area contributed by atoms with Gasteiger partial charge in [0, 0.05) is 28.5 Å². The van der Waals surface area contributed by atoms with Crippen LogP contribution in [0.5, 0.6) is 0 Å². The van der Waals surface area contributed by atoms with E-state index in [1.54, 1.807) is 0 Å². The van der Waals surface area contributed by atoms with Gasteiger partial charge in [0.1, 0.15) is 5.90 Å². The van der Waals surface area contributed by atoms with Gasteiger partial charge in [0.05, 0.1) is 41.3 Å². The van der Waals surface area contributed by atoms with E-state index in [2.05, 4.69) is 87.9 Å². The van der Waals surface area contributed by atoms with Crippen molar-refractivity contribution in [2.75, 3.05) is 41.3 Å². The SMILES string of the molecule is CCC[N+](C)(C)[Si](C)(CCB([Si](C)(C)C)[Si](C)(C)C)[N+](C)(C)CCC. The van der Waals surface area contributed by atoms with Gasteiger partial charge in [0.15, 0.2) is 0 Å². The van der Waals surface area contributed by atoms with Crippen molar-refractivity contribution < 1.29 is 8.30 Å². The van der Waals surface area contributed by atoms with E-state index in [1.165, 1.54) is 46.6 Å². The highest BCUT2D eigenvalue weighted by atomic mass is 28.4. The number of hydrogen-bond acceptors (Lipinski definition) is 0. The minimum Gasteiger partial charge on any atom is -0.341 e. The van der Waals surface area contributed by atoms with Gasteiger partial charge in [-0.05, 0) is 12.8 Å². The first-order valence-electron chi connectivity index (χ1n) is 10.6. The van der Waals surface area contributed by atoms with Crippen molar-refractivity contribution in [1.29, 1.82) is 0 Å². The highest BCUT2D eigenvalue weighted by molar-refractivity contribution is 7.60. The third-order valence-corrected chi connectivity index (χ3v) is 24.0. The van der Waals surface area contributed by atoms with Gasteiger partial charge in [-0.25, -0.2) is 0 Å². The second kappa shape index (κ2) is 8.76. The first-order valence-corrected chi connectivity index (χ1v) is 20.4. The Morgan fingerprint density at radius 2 is 0.960 bits per heavy atom. The van der Waals surface area contributed by atoms with E-state index in [1.807, 2.05) is 0 Å². The van der Waals surface area contributed by atoms with Gasteiger partial charge in [-0.2, -0.15) is 0 Å². The Labute approximate surface area is 164 Å². The molecule has 0 aromatic rings. The standard InChI is InChI=1S/C19H51BN2Si3/c1-14-17-21(3,4)25(13,22(5,6)18-15-2)19-16-20(23(7,8)9)24(10,11)12/h14-19H2,1-13H3/q+2. The normalized spacial score (nSPS) is 14.8. The number of quaternary nitrogens is 2. The molecule has 0 heterocycles. The lowest BCUT2D eigenvalue weighted by Gasteiger charge is -2.52.